The SMILES string of the molecule is [B]C([B])([B])Oc1cccc(F)c1CNc1nc(C(F)(F)F)ncc1C(=O)NC(/C=C/SC)C1CC1. The van der Waals surface area contributed by atoms with Gasteiger partial charge in [0.2, 0.25) is 5.82 Å². The van der Waals surface area contributed by atoms with E-state index in [2.05, 4.69) is 20.6 Å². The molecular formula is C21H19B3F4N4O2S. The summed E-state index contributed by atoms with van der Waals surface area (Å²) < 4.78 is 59.4. The number of carbonyl (C=O) groups excluding carboxylic acids is 1. The number of hydrogen-bond donors (Lipinski definition) is 2. The highest BCUT2D eigenvalue weighted by atomic mass is 32.2. The van der Waals surface area contributed by atoms with E-state index in [4.69, 9.17) is 28.3 Å². The molecule has 1 amide bonds. The lowest BCUT2D eigenvalue weighted by Gasteiger charge is -2.25. The lowest BCUT2D eigenvalue weighted by molar-refractivity contribution is -0.144. The van der Waals surface area contributed by atoms with Crippen molar-refractivity contribution >= 4 is 47.0 Å². The first-order valence-electron chi connectivity index (χ1n) is 10.4. The van der Waals surface area contributed by atoms with Gasteiger partial charge >= 0.3 is 6.18 Å². The average molecular weight is 500 g/mol. The van der Waals surface area contributed by atoms with Gasteiger partial charge in [-0.15, -0.1) is 11.8 Å². The number of hydrogen-bond acceptors (Lipinski definition) is 6. The first-order chi connectivity index (χ1) is 16.4. The quantitative estimate of drug-likeness (QED) is 0.386. The fourth-order valence-electron chi connectivity index (χ4n) is 3.16. The molecule has 2 aromatic rings. The number of ether oxygens (including phenoxy) is 1. The lowest BCUT2D eigenvalue weighted by atomic mass is 9.52. The third-order valence-electron chi connectivity index (χ3n) is 4.93. The number of rotatable bonds is 10. The van der Waals surface area contributed by atoms with E-state index in [0.29, 0.717) is 0 Å². The third-order valence-corrected chi connectivity index (χ3v) is 5.36. The van der Waals surface area contributed by atoms with Crippen molar-refractivity contribution in [3.05, 3.63) is 58.6 Å². The summed E-state index contributed by atoms with van der Waals surface area (Å²) in [6, 6.07) is 3.44. The minimum atomic E-state index is -4.87. The van der Waals surface area contributed by atoms with Gasteiger partial charge in [-0.25, -0.2) is 14.4 Å². The molecule has 1 unspecified atom stereocenters. The number of amides is 1. The van der Waals surface area contributed by atoms with E-state index in [-0.39, 0.29) is 28.8 Å². The zero-order valence-electron chi connectivity index (χ0n) is 18.6. The van der Waals surface area contributed by atoms with Crippen LogP contribution in [0.15, 0.2) is 35.9 Å². The second-order valence-corrected chi connectivity index (χ2v) is 8.62. The van der Waals surface area contributed by atoms with E-state index in [9.17, 15) is 22.4 Å². The normalized spacial score (nSPS) is 15.1. The number of anilines is 1. The molecule has 1 saturated carbocycles. The van der Waals surface area contributed by atoms with Crippen molar-refractivity contribution in [1.29, 1.82) is 0 Å². The Kier molecular flexibility index (Phi) is 8.45. The molecule has 0 saturated heterocycles. The number of benzene rings is 1. The average Bonchev–Trinajstić information content (AvgIpc) is 3.59. The van der Waals surface area contributed by atoms with Crippen LogP contribution in [0.3, 0.4) is 0 Å². The summed E-state index contributed by atoms with van der Waals surface area (Å²) in [6.45, 7) is -0.425. The van der Waals surface area contributed by atoms with Crippen molar-refractivity contribution in [3.63, 3.8) is 0 Å². The van der Waals surface area contributed by atoms with Gasteiger partial charge in [-0.1, -0.05) is 12.1 Å². The predicted molar refractivity (Wildman–Crippen MR) is 128 cm³/mol. The summed E-state index contributed by atoms with van der Waals surface area (Å²) in [6.07, 6.45) is 1.42. The van der Waals surface area contributed by atoms with E-state index in [1.54, 1.807) is 0 Å². The smallest absolute Gasteiger partial charge is 0.451 e. The molecule has 1 heterocycles. The molecule has 2 N–H and O–H groups in total. The van der Waals surface area contributed by atoms with Crippen molar-refractivity contribution in [3.8, 4) is 5.75 Å². The Morgan fingerprint density at radius 3 is 2.63 bits per heavy atom. The number of halogens is 4. The molecule has 35 heavy (non-hydrogen) atoms. The molecule has 1 aromatic carbocycles. The van der Waals surface area contributed by atoms with Crippen LogP contribution in [0, 0.1) is 11.7 Å². The van der Waals surface area contributed by atoms with Gasteiger partial charge in [-0.3, -0.25) is 4.79 Å². The number of alkyl halides is 3. The molecule has 1 aliphatic rings. The molecule has 1 atom stereocenters. The van der Waals surface area contributed by atoms with E-state index in [1.165, 1.54) is 23.9 Å². The van der Waals surface area contributed by atoms with E-state index >= 15 is 0 Å². The summed E-state index contributed by atoms with van der Waals surface area (Å²) in [5.41, 5.74) is -0.388. The third kappa shape index (κ3) is 7.68. The Labute approximate surface area is 208 Å². The summed E-state index contributed by atoms with van der Waals surface area (Å²) in [5.74, 6) is -3.27. The molecular weight excluding hydrogens is 481 g/mol. The Bertz CT molecular complexity index is 1100. The van der Waals surface area contributed by atoms with Gasteiger partial charge in [-0.2, -0.15) is 13.2 Å². The van der Waals surface area contributed by atoms with E-state index < -0.39 is 41.4 Å². The molecule has 178 valence electrons. The van der Waals surface area contributed by atoms with Crippen LogP contribution in [0.4, 0.5) is 23.4 Å². The second kappa shape index (κ2) is 11.0. The summed E-state index contributed by atoms with van der Waals surface area (Å²) in [5, 5.41) is 5.05. The zero-order chi connectivity index (χ0) is 25.8. The van der Waals surface area contributed by atoms with Crippen molar-refractivity contribution in [2.45, 2.75) is 36.9 Å². The summed E-state index contributed by atoms with van der Waals surface area (Å²) in [7, 11) is 16.3. The van der Waals surface area contributed by atoms with Gasteiger partial charge < -0.3 is 15.4 Å². The molecule has 1 fully saturated rings. The van der Waals surface area contributed by atoms with Crippen LogP contribution in [0.25, 0.3) is 0 Å². The first-order valence-corrected chi connectivity index (χ1v) is 11.7. The molecule has 1 aliphatic carbocycles. The van der Waals surface area contributed by atoms with Crippen LogP contribution in [0.5, 0.6) is 5.75 Å². The minimum Gasteiger partial charge on any atom is -0.515 e. The van der Waals surface area contributed by atoms with Gasteiger partial charge in [0, 0.05) is 18.3 Å². The molecule has 1 aromatic heterocycles. The Balaban J connectivity index is 1.91. The Morgan fingerprint density at radius 1 is 1.31 bits per heavy atom. The van der Waals surface area contributed by atoms with Crippen LogP contribution in [0.1, 0.15) is 34.6 Å². The van der Waals surface area contributed by atoms with Crippen molar-refractivity contribution < 1.29 is 27.1 Å². The fraction of sp³-hybridized carbons (Fsp3) is 0.381. The highest BCUT2D eigenvalue weighted by molar-refractivity contribution is 8.01. The van der Waals surface area contributed by atoms with Crippen molar-refractivity contribution in [2.24, 2.45) is 5.92 Å². The monoisotopic (exact) mass is 500 g/mol. The van der Waals surface area contributed by atoms with Crippen LogP contribution in [-0.4, -0.2) is 57.0 Å². The number of carbonyl (C=O) groups is 1. The summed E-state index contributed by atoms with van der Waals surface area (Å²) in [4.78, 5) is 19.7. The number of nitrogens with one attached hydrogen (secondary N) is 2. The molecule has 14 heteroatoms. The van der Waals surface area contributed by atoms with Crippen molar-refractivity contribution in [1.82, 2.24) is 15.3 Å². The van der Waals surface area contributed by atoms with Crippen molar-refractivity contribution in [2.75, 3.05) is 11.6 Å². The van der Waals surface area contributed by atoms with Gasteiger partial charge in [0.15, 0.2) is 0 Å². The molecule has 0 spiro atoms. The first kappa shape index (κ1) is 27.0. The Hall–Kier alpha value is -2.63. The highest BCUT2D eigenvalue weighted by Crippen LogP contribution is 2.34. The molecule has 3 rings (SSSR count). The zero-order valence-corrected chi connectivity index (χ0v) is 19.4. The number of aromatic nitrogens is 2. The van der Waals surface area contributed by atoms with Gasteiger partial charge in [0.25, 0.3) is 5.91 Å². The molecule has 6 nitrogen and oxygen atoms in total. The largest absolute Gasteiger partial charge is 0.515 e. The Morgan fingerprint density at radius 2 is 2.03 bits per heavy atom. The molecule has 0 bridgehead atoms. The summed E-state index contributed by atoms with van der Waals surface area (Å²) >= 11 is 1.45. The maximum absolute atomic E-state index is 14.5. The van der Waals surface area contributed by atoms with E-state index in [1.807, 2.05) is 17.7 Å². The molecule has 0 aliphatic heterocycles. The second-order valence-electron chi connectivity index (χ2n) is 7.88. The number of thioether (sulfide) groups is 1. The lowest BCUT2D eigenvalue weighted by Crippen LogP contribution is -2.38. The minimum absolute atomic E-state index is 0.142. The van der Waals surface area contributed by atoms with Gasteiger partial charge in [0.1, 0.15) is 46.5 Å². The topological polar surface area (TPSA) is 76.1 Å². The van der Waals surface area contributed by atoms with Crippen LogP contribution in [-0.2, 0) is 12.7 Å². The van der Waals surface area contributed by atoms with Gasteiger partial charge in [-0.05, 0) is 47.9 Å². The van der Waals surface area contributed by atoms with Gasteiger partial charge in [0.05, 0.1) is 6.04 Å². The van der Waals surface area contributed by atoms with E-state index in [0.717, 1.165) is 25.1 Å². The fourth-order valence-corrected chi connectivity index (χ4v) is 3.49. The highest BCUT2D eigenvalue weighted by Gasteiger charge is 2.36. The number of nitrogens with zero attached hydrogens (tertiary/aromatic N) is 2. The van der Waals surface area contributed by atoms with Crippen LogP contribution in [0.2, 0.25) is 0 Å². The maximum atomic E-state index is 14.5. The van der Waals surface area contributed by atoms with Crippen LogP contribution < -0.4 is 15.4 Å². The molecule has 6 radical (unpaired) electrons. The van der Waals surface area contributed by atoms with Crippen LogP contribution >= 0.6 is 11.8 Å². The standard InChI is InChI=1S/C21H19B3F4N4O2S/c1-35-8-7-15(11-5-6-11)31-18(33)13-10-30-19(20(26,27)28)32-17(13)29-9-12-14(25)3-2-4-16(12)34-21(22,23)24/h2-4,7-8,10-11,15H,5-6,9H2,1H3,(H,31,33)(H,29,30,32)/b8-7+. The predicted octanol–water partition coefficient (Wildman–Crippen LogP) is 3.13. The maximum Gasteiger partial charge on any atom is 0.451 e.